The third-order valence-corrected chi connectivity index (χ3v) is 2.28. The van der Waals surface area contributed by atoms with Gasteiger partial charge in [-0.2, -0.15) is 0 Å². The number of aliphatic hydroxyl groups is 4. The van der Waals surface area contributed by atoms with Gasteiger partial charge in [0.05, 0.1) is 0 Å². The van der Waals surface area contributed by atoms with Crippen LogP contribution in [0, 0.1) is 0 Å². The highest BCUT2D eigenvalue weighted by Gasteiger charge is 2.59. The number of epoxide rings is 1. The van der Waals surface area contributed by atoms with Gasteiger partial charge in [0.15, 0.2) is 0 Å². The van der Waals surface area contributed by atoms with Crippen LogP contribution in [-0.4, -0.2) is 57.0 Å². The summed E-state index contributed by atoms with van der Waals surface area (Å²) in [6.07, 6.45) is -5.73. The van der Waals surface area contributed by atoms with Crippen molar-refractivity contribution in [3.63, 3.8) is 0 Å². The van der Waals surface area contributed by atoms with Crippen molar-refractivity contribution < 1.29 is 25.2 Å². The molecule has 0 amide bonds. The standard InChI is InChI=1S/C6H10O5/c7-1-2(8)4(10)6-5(11-6)3(1)9/h1-10H/t1-,2-,3?,4?,5-,6?/m1/s1. The molecule has 1 saturated heterocycles. The van der Waals surface area contributed by atoms with Gasteiger partial charge in [-0.05, 0) is 0 Å². The fourth-order valence-corrected chi connectivity index (χ4v) is 1.48. The summed E-state index contributed by atoms with van der Waals surface area (Å²) in [5.74, 6) is 0. The maximum atomic E-state index is 9.13. The Kier molecular flexibility index (Phi) is 1.45. The van der Waals surface area contributed by atoms with E-state index < -0.39 is 36.6 Å². The lowest BCUT2D eigenvalue weighted by molar-refractivity contribution is -0.121. The summed E-state index contributed by atoms with van der Waals surface area (Å²) >= 11 is 0. The quantitative estimate of drug-likeness (QED) is 0.289. The van der Waals surface area contributed by atoms with Gasteiger partial charge in [-0.25, -0.2) is 0 Å². The number of rotatable bonds is 0. The average Bonchev–Trinajstić information content (AvgIpc) is 2.76. The second-order valence-corrected chi connectivity index (χ2v) is 3.03. The Hall–Kier alpha value is -0.200. The second-order valence-electron chi connectivity index (χ2n) is 3.03. The molecule has 5 heteroatoms. The first-order valence-corrected chi connectivity index (χ1v) is 3.50. The summed E-state index contributed by atoms with van der Waals surface area (Å²) in [5, 5.41) is 36.4. The van der Waals surface area contributed by atoms with Gasteiger partial charge < -0.3 is 25.2 Å². The molecule has 1 saturated carbocycles. The van der Waals surface area contributed by atoms with Crippen molar-refractivity contribution in [1.29, 1.82) is 0 Å². The van der Waals surface area contributed by atoms with Crippen molar-refractivity contribution >= 4 is 0 Å². The molecule has 0 aromatic heterocycles. The van der Waals surface area contributed by atoms with Crippen LogP contribution in [0.15, 0.2) is 0 Å². The Morgan fingerprint density at radius 3 is 1.36 bits per heavy atom. The zero-order valence-electron chi connectivity index (χ0n) is 5.66. The third kappa shape index (κ3) is 0.896. The van der Waals surface area contributed by atoms with Crippen LogP contribution in [0.2, 0.25) is 0 Å². The van der Waals surface area contributed by atoms with E-state index in [1.165, 1.54) is 0 Å². The van der Waals surface area contributed by atoms with E-state index in [0.29, 0.717) is 0 Å². The number of hydrogen-bond acceptors (Lipinski definition) is 5. The van der Waals surface area contributed by atoms with Crippen LogP contribution in [-0.2, 0) is 4.74 Å². The fraction of sp³-hybridized carbons (Fsp3) is 1.00. The van der Waals surface area contributed by atoms with E-state index in [4.69, 9.17) is 25.2 Å². The fourth-order valence-electron chi connectivity index (χ4n) is 1.48. The Balaban J connectivity index is 2.13. The minimum Gasteiger partial charge on any atom is -0.387 e. The first-order valence-electron chi connectivity index (χ1n) is 3.50. The lowest BCUT2D eigenvalue weighted by Crippen LogP contribution is -2.53. The SMILES string of the molecule is OC1C2O[C@@H]2C(O)[C@H](O)[C@H]1O. The average molecular weight is 162 g/mol. The van der Waals surface area contributed by atoms with Crippen LogP contribution < -0.4 is 0 Å². The molecule has 0 radical (unpaired) electrons. The summed E-state index contributed by atoms with van der Waals surface area (Å²) in [7, 11) is 0. The summed E-state index contributed by atoms with van der Waals surface area (Å²) in [6, 6.07) is 0. The van der Waals surface area contributed by atoms with E-state index >= 15 is 0 Å². The molecular formula is C6H10O5. The zero-order chi connectivity index (χ0) is 8.17. The zero-order valence-corrected chi connectivity index (χ0v) is 5.66. The Labute approximate surface area is 62.8 Å². The summed E-state index contributed by atoms with van der Waals surface area (Å²) < 4.78 is 4.82. The molecule has 1 aliphatic heterocycles. The van der Waals surface area contributed by atoms with Crippen molar-refractivity contribution in [2.24, 2.45) is 0 Å². The predicted octanol–water partition coefficient (Wildman–Crippen LogP) is -2.79. The molecule has 1 aliphatic carbocycles. The summed E-state index contributed by atoms with van der Waals surface area (Å²) in [4.78, 5) is 0. The van der Waals surface area contributed by atoms with E-state index in [1.54, 1.807) is 0 Å². The highest BCUT2D eigenvalue weighted by molar-refractivity contribution is 5.07. The normalized spacial score (nSPS) is 62.2. The number of fused-ring (bicyclic) bond motifs is 1. The predicted molar refractivity (Wildman–Crippen MR) is 32.7 cm³/mol. The van der Waals surface area contributed by atoms with Crippen LogP contribution >= 0.6 is 0 Å². The molecule has 2 fully saturated rings. The van der Waals surface area contributed by atoms with Crippen LogP contribution in [0.3, 0.4) is 0 Å². The first kappa shape index (κ1) is 7.45. The van der Waals surface area contributed by atoms with E-state index in [2.05, 4.69) is 0 Å². The van der Waals surface area contributed by atoms with Crippen LogP contribution in [0.25, 0.3) is 0 Å². The maximum Gasteiger partial charge on any atom is 0.115 e. The highest BCUT2D eigenvalue weighted by atomic mass is 16.6. The van der Waals surface area contributed by atoms with Crippen LogP contribution in [0.1, 0.15) is 0 Å². The monoisotopic (exact) mass is 162 g/mol. The molecule has 2 rings (SSSR count). The first-order chi connectivity index (χ1) is 5.13. The van der Waals surface area contributed by atoms with Gasteiger partial charge >= 0.3 is 0 Å². The molecule has 0 aromatic rings. The van der Waals surface area contributed by atoms with Crippen molar-refractivity contribution in [3.05, 3.63) is 0 Å². The molecule has 0 bridgehead atoms. The van der Waals surface area contributed by atoms with E-state index in [-0.39, 0.29) is 0 Å². The lowest BCUT2D eigenvalue weighted by atomic mass is 9.90. The van der Waals surface area contributed by atoms with E-state index in [1.807, 2.05) is 0 Å². The van der Waals surface area contributed by atoms with Crippen molar-refractivity contribution in [3.8, 4) is 0 Å². The summed E-state index contributed by atoms with van der Waals surface area (Å²) in [6.45, 7) is 0. The number of aliphatic hydroxyl groups excluding tert-OH is 4. The van der Waals surface area contributed by atoms with Crippen LogP contribution in [0.5, 0.6) is 0 Å². The molecule has 0 spiro atoms. The van der Waals surface area contributed by atoms with Gasteiger partial charge in [0, 0.05) is 0 Å². The molecule has 5 nitrogen and oxygen atoms in total. The molecule has 1 heterocycles. The molecule has 4 N–H and O–H groups in total. The minimum absolute atomic E-state index is 0.497. The van der Waals surface area contributed by atoms with E-state index in [9.17, 15) is 0 Å². The molecule has 3 unspecified atom stereocenters. The Bertz CT molecular complexity index is 154. The van der Waals surface area contributed by atoms with Crippen LogP contribution in [0.4, 0.5) is 0 Å². The molecule has 11 heavy (non-hydrogen) atoms. The largest absolute Gasteiger partial charge is 0.387 e. The summed E-state index contributed by atoms with van der Waals surface area (Å²) in [5.41, 5.74) is 0. The lowest BCUT2D eigenvalue weighted by Gasteiger charge is -2.28. The Morgan fingerprint density at radius 1 is 0.636 bits per heavy atom. The molecule has 6 atom stereocenters. The van der Waals surface area contributed by atoms with Crippen molar-refractivity contribution in [2.45, 2.75) is 36.6 Å². The van der Waals surface area contributed by atoms with Crippen molar-refractivity contribution in [1.82, 2.24) is 0 Å². The van der Waals surface area contributed by atoms with Gasteiger partial charge in [0.25, 0.3) is 0 Å². The molecular weight excluding hydrogens is 152 g/mol. The molecule has 0 aromatic carbocycles. The van der Waals surface area contributed by atoms with Gasteiger partial charge in [0.1, 0.15) is 36.6 Å². The number of hydrogen-bond donors (Lipinski definition) is 4. The smallest absolute Gasteiger partial charge is 0.115 e. The van der Waals surface area contributed by atoms with Gasteiger partial charge in [-0.15, -0.1) is 0 Å². The minimum atomic E-state index is -1.30. The third-order valence-electron chi connectivity index (χ3n) is 2.28. The topological polar surface area (TPSA) is 93.5 Å². The van der Waals surface area contributed by atoms with Gasteiger partial charge in [0.2, 0.25) is 0 Å². The Morgan fingerprint density at radius 2 is 1.00 bits per heavy atom. The van der Waals surface area contributed by atoms with Crippen molar-refractivity contribution in [2.75, 3.05) is 0 Å². The van der Waals surface area contributed by atoms with E-state index in [0.717, 1.165) is 0 Å². The number of ether oxygens (including phenoxy) is 1. The maximum absolute atomic E-state index is 9.13. The molecule has 64 valence electrons. The van der Waals surface area contributed by atoms with Gasteiger partial charge in [-0.1, -0.05) is 0 Å². The highest BCUT2D eigenvalue weighted by Crippen LogP contribution is 2.37. The molecule has 2 aliphatic rings. The second kappa shape index (κ2) is 2.15. The van der Waals surface area contributed by atoms with Gasteiger partial charge in [-0.3, -0.25) is 0 Å².